The minimum Gasteiger partial charge on any atom is -0.349 e. The van der Waals surface area contributed by atoms with Crippen LogP contribution < -0.4 is 11.1 Å². The third kappa shape index (κ3) is 2.98. The predicted octanol–water partition coefficient (Wildman–Crippen LogP) is 2.77. The quantitative estimate of drug-likeness (QED) is 0.855. The Morgan fingerprint density at radius 1 is 1.32 bits per heavy atom. The zero-order chi connectivity index (χ0) is 13.7. The van der Waals surface area contributed by atoms with Gasteiger partial charge in [0.25, 0.3) is 0 Å². The molecule has 1 aliphatic carbocycles. The minimum absolute atomic E-state index is 0.0951. The van der Waals surface area contributed by atoms with Gasteiger partial charge in [0, 0.05) is 6.54 Å². The van der Waals surface area contributed by atoms with Crippen molar-refractivity contribution in [2.75, 3.05) is 6.54 Å². The van der Waals surface area contributed by atoms with Gasteiger partial charge in [-0.1, -0.05) is 50.1 Å². The number of amides is 1. The first-order valence-electron chi connectivity index (χ1n) is 7.28. The highest BCUT2D eigenvalue weighted by Crippen LogP contribution is 2.38. The minimum atomic E-state index is -0.317. The van der Waals surface area contributed by atoms with Crippen molar-refractivity contribution in [2.45, 2.75) is 45.1 Å². The van der Waals surface area contributed by atoms with E-state index in [1.54, 1.807) is 0 Å². The SMILES string of the molecule is CCC(NC(=O)C1(CN)CCCC1)c1ccccc1. The van der Waals surface area contributed by atoms with Crippen molar-refractivity contribution in [1.82, 2.24) is 5.32 Å². The van der Waals surface area contributed by atoms with Crippen molar-refractivity contribution < 1.29 is 4.79 Å². The van der Waals surface area contributed by atoms with E-state index in [0.29, 0.717) is 6.54 Å². The predicted molar refractivity (Wildman–Crippen MR) is 77.6 cm³/mol. The first-order chi connectivity index (χ1) is 9.22. The molecule has 1 aromatic rings. The van der Waals surface area contributed by atoms with Gasteiger partial charge in [0.05, 0.1) is 11.5 Å². The summed E-state index contributed by atoms with van der Waals surface area (Å²) in [5.41, 5.74) is 6.72. The topological polar surface area (TPSA) is 55.1 Å². The molecule has 1 amide bonds. The first-order valence-corrected chi connectivity index (χ1v) is 7.28. The maximum Gasteiger partial charge on any atom is 0.227 e. The lowest BCUT2D eigenvalue weighted by Gasteiger charge is -2.29. The lowest BCUT2D eigenvalue weighted by atomic mass is 9.84. The normalized spacial score (nSPS) is 19.1. The molecule has 1 atom stereocenters. The number of carbonyl (C=O) groups is 1. The summed E-state index contributed by atoms with van der Waals surface area (Å²) in [7, 11) is 0. The highest BCUT2D eigenvalue weighted by Gasteiger charge is 2.40. The van der Waals surface area contributed by atoms with Crippen molar-refractivity contribution >= 4 is 5.91 Å². The van der Waals surface area contributed by atoms with Gasteiger partial charge in [-0.25, -0.2) is 0 Å². The smallest absolute Gasteiger partial charge is 0.227 e. The average molecular weight is 260 g/mol. The molecule has 1 saturated carbocycles. The van der Waals surface area contributed by atoms with E-state index in [1.165, 1.54) is 5.56 Å². The first kappa shape index (κ1) is 14.1. The molecule has 0 spiro atoms. The fourth-order valence-electron chi connectivity index (χ4n) is 2.99. The van der Waals surface area contributed by atoms with Crippen molar-refractivity contribution in [3.63, 3.8) is 0 Å². The molecule has 0 saturated heterocycles. The molecule has 3 nitrogen and oxygen atoms in total. The van der Waals surface area contributed by atoms with Crippen LogP contribution in [0, 0.1) is 5.41 Å². The molecular formula is C16H24N2O. The highest BCUT2D eigenvalue weighted by molar-refractivity contribution is 5.83. The second kappa shape index (κ2) is 6.20. The third-order valence-electron chi connectivity index (χ3n) is 4.35. The summed E-state index contributed by atoms with van der Waals surface area (Å²) < 4.78 is 0. The van der Waals surface area contributed by atoms with Crippen LogP contribution in [-0.2, 0) is 4.79 Å². The number of carbonyl (C=O) groups excluding carboxylic acids is 1. The molecule has 3 heteroatoms. The molecule has 19 heavy (non-hydrogen) atoms. The van der Waals surface area contributed by atoms with Gasteiger partial charge >= 0.3 is 0 Å². The summed E-state index contributed by atoms with van der Waals surface area (Å²) in [6.07, 6.45) is 5.00. The van der Waals surface area contributed by atoms with E-state index in [2.05, 4.69) is 24.4 Å². The van der Waals surface area contributed by atoms with Crippen LogP contribution in [0.1, 0.15) is 50.6 Å². The Labute approximate surface area is 115 Å². The summed E-state index contributed by atoms with van der Waals surface area (Å²) in [6.45, 7) is 2.56. The van der Waals surface area contributed by atoms with Crippen molar-refractivity contribution in [3.05, 3.63) is 35.9 Å². The molecule has 0 aliphatic heterocycles. The van der Waals surface area contributed by atoms with Crippen LogP contribution in [0.25, 0.3) is 0 Å². The molecule has 1 aromatic carbocycles. The van der Waals surface area contributed by atoms with E-state index in [9.17, 15) is 4.79 Å². The fourth-order valence-corrected chi connectivity index (χ4v) is 2.99. The second-order valence-corrected chi connectivity index (χ2v) is 5.54. The monoisotopic (exact) mass is 260 g/mol. The molecule has 3 N–H and O–H groups in total. The lowest BCUT2D eigenvalue weighted by molar-refractivity contribution is -0.131. The van der Waals surface area contributed by atoms with Gasteiger partial charge in [0.1, 0.15) is 0 Å². The zero-order valence-corrected chi connectivity index (χ0v) is 11.7. The second-order valence-electron chi connectivity index (χ2n) is 5.54. The van der Waals surface area contributed by atoms with Crippen LogP contribution in [0.2, 0.25) is 0 Å². The maximum atomic E-state index is 12.5. The Morgan fingerprint density at radius 3 is 2.47 bits per heavy atom. The van der Waals surface area contributed by atoms with Crippen LogP contribution in [0.3, 0.4) is 0 Å². The van der Waals surface area contributed by atoms with Gasteiger partial charge in [0.2, 0.25) is 5.91 Å². The standard InChI is InChI=1S/C16H24N2O/c1-2-14(13-8-4-3-5-9-13)18-15(19)16(12-17)10-6-7-11-16/h3-5,8-9,14H,2,6-7,10-12,17H2,1H3,(H,18,19). The lowest BCUT2D eigenvalue weighted by Crippen LogP contribution is -2.45. The number of hydrogen-bond donors (Lipinski definition) is 2. The number of hydrogen-bond acceptors (Lipinski definition) is 2. The van der Waals surface area contributed by atoms with Gasteiger partial charge in [-0.15, -0.1) is 0 Å². The molecular weight excluding hydrogens is 236 g/mol. The molecule has 1 unspecified atom stereocenters. The van der Waals surface area contributed by atoms with Crippen molar-refractivity contribution in [1.29, 1.82) is 0 Å². The summed E-state index contributed by atoms with van der Waals surface area (Å²) in [6, 6.07) is 10.3. The average Bonchev–Trinajstić information content (AvgIpc) is 2.95. The molecule has 0 aromatic heterocycles. The van der Waals surface area contributed by atoms with Gasteiger partial charge in [-0.3, -0.25) is 4.79 Å². The molecule has 1 aliphatic rings. The number of rotatable bonds is 5. The largest absolute Gasteiger partial charge is 0.349 e. The van der Waals surface area contributed by atoms with Crippen LogP contribution in [-0.4, -0.2) is 12.5 Å². The van der Waals surface area contributed by atoms with E-state index >= 15 is 0 Å². The van der Waals surface area contributed by atoms with E-state index in [0.717, 1.165) is 32.1 Å². The molecule has 1 fully saturated rings. The summed E-state index contributed by atoms with van der Waals surface area (Å²) in [4.78, 5) is 12.5. The number of benzene rings is 1. The highest BCUT2D eigenvalue weighted by atomic mass is 16.2. The Kier molecular flexibility index (Phi) is 4.59. The Balaban J connectivity index is 2.08. The van der Waals surface area contributed by atoms with E-state index in [1.807, 2.05) is 18.2 Å². The van der Waals surface area contributed by atoms with Gasteiger partial charge in [0.15, 0.2) is 0 Å². The summed E-state index contributed by atoms with van der Waals surface area (Å²) in [5, 5.41) is 3.20. The van der Waals surface area contributed by atoms with Gasteiger partial charge < -0.3 is 11.1 Å². The molecule has 2 rings (SSSR count). The Morgan fingerprint density at radius 2 is 1.95 bits per heavy atom. The summed E-state index contributed by atoms with van der Waals surface area (Å²) in [5.74, 6) is 0.142. The molecule has 0 bridgehead atoms. The maximum absolute atomic E-state index is 12.5. The van der Waals surface area contributed by atoms with Crippen LogP contribution >= 0.6 is 0 Å². The fraction of sp³-hybridized carbons (Fsp3) is 0.562. The molecule has 0 heterocycles. The summed E-state index contributed by atoms with van der Waals surface area (Å²) >= 11 is 0. The molecule has 0 radical (unpaired) electrons. The number of nitrogens with one attached hydrogen (secondary N) is 1. The van der Waals surface area contributed by atoms with E-state index < -0.39 is 0 Å². The van der Waals surface area contributed by atoms with Gasteiger partial charge in [-0.2, -0.15) is 0 Å². The van der Waals surface area contributed by atoms with Crippen molar-refractivity contribution in [3.8, 4) is 0 Å². The number of nitrogens with two attached hydrogens (primary N) is 1. The Bertz CT molecular complexity index is 410. The zero-order valence-electron chi connectivity index (χ0n) is 11.7. The van der Waals surface area contributed by atoms with Gasteiger partial charge in [-0.05, 0) is 24.8 Å². The van der Waals surface area contributed by atoms with E-state index in [-0.39, 0.29) is 17.4 Å². The van der Waals surface area contributed by atoms with Crippen LogP contribution in [0.15, 0.2) is 30.3 Å². The Hall–Kier alpha value is -1.35. The van der Waals surface area contributed by atoms with Crippen molar-refractivity contribution in [2.24, 2.45) is 11.1 Å². The third-order valence-corrected chi connectivity index (χ3v) is 4.35. The molecule has 104 valence electrons. The van der Waals surface area contributed by atoms with Crippen LogP contribution in [0.5, 0.6) is 0 Å². The van der Waals surface area contributed by atoms with Crippen LogP contribution in [0.4, 0.5) is 0 Å². The van der Waals surface area contributed by atoms with E-state index in [4.69, 9.17) is 5.73 Å².